The van der Waals surface area contributed by atoms with E-state index in [1.165, 1.54) is 24.0 Å². The molecule has 1 amide bonds. The van der Waals surface area contributed by atoms with Gasteiger partial charge < -0.3 is 11.1 Å². The fraction of sp³-hybridized carbons (Fsp3) is 0.409. The van der Waals surface area contributed by atoms with Gasteiger partial charge in [-0.2, -0.15) is 0 Å². The van der Waals surface area contributed by atoms with E-state index in [4.69, 9.17) is 5.73 Å². The molecule has 1 fully saturated rings. The molecular formula is C22H29N3O. The minimum absolute atomic E-state index is 0.0461. The number of likely N-dealkylation sites (tertiary alicyclic amines) is 1. The van der Waals surface area contributed by atoms with Crippen LogP contribution in [-0.4, -0.2) is 23.9 Å². The largest absolute Gasteiger partial charge is 0.348 e. The molecule has 0 saturated carbocycles. The molecule has 1 saturated heterocycles. The quantitative estimate of drug-likeness (QED) is 0.839. The molecule has 0 unspecified atom stereocenters. The van der Waals surface area contributed by atoms with Crippen LogP contribution in [0.15, 0.2) is 48.5 Å². The number of nitrogens with one attached hydrogen (secondary N) is 1. The molecule has 0 atom stereocenters. The van der Waals surface area contributed by atoms with Crippen molar-refractivity contribution < 1.29 is 4.79 Å². The number of hydrogen-bond acceptors (Lipinski definition) is 3. The number of carbonyl (C=O) groups excluding carboxylic acids is 1. The van der Waals surface area contributed by atoms with E-state index in [0.29, 0.717) is 18.7 Å². The van der Waals surface area contributed by atoms with E-state index in [9.17, 15) is 4.79 Å². The number of carbonyl (C=O) groups is 1. The number of nitrogens with zero attached hydrogens (tertiary/aromatic N) is 1. The predicted octanol–water partition coefficient (Wildman–Crippen LogP) is 3.31. The van der Waals surface area contributed by atoms with Crippen LogP contribution in [0.3, 0.4) is 0 Å². The first-order chi connectivity index (χ1) is 12.7. The fourth-order valence-corrected chi connectivity index (χ4v) is 3.42. The van der Waals surface area contributed by atoms with Crippen LogP contribution in [0.5, 0.6) is 0 Å². The van der Waals surface area contributed by atoms with Gasteiger partial charge in [-0.3, -0.25) is 9.69 Å². The molecule has 1 aliphatic heterocycles. The number of hydrogen-bond donors (Lipinski definition) is 2. The van der Waals surface area contributed by atoms with Gasteiger partial charge in [0.1, 0.15) is 0 Å². The van der Waals surface area contributed by atoms with Gasteiger partial charge in [-0.15, -0.1) is 0 Å². The van der Waals surface area contributed by atoms with Crippen LogP contribution in [0.1, 0.15) is 46.8 Å². The normalized spacial score (nSPS) is 15.8. The van der Waals surface area contributed by atoms with Gasteiger partial charge in [0.25, 0.3) is 5.91 Å². The molecule has 2 aromatic rings. The van der Waals surface area contributed by atoms with Crippen LogP contribution in [-0.2, 0) is 19.6 Å². The molecular weight excluding hydrogens is 322 g/mol. The molecule has 4 nitrogen and oxygen atoms in total. The van der Waals surface area contributed by atoms with Crippen molar-refractivity contribution in [2.75, 3.05) is 13.1 Å². The lowest BCUT2D eigenvalue weighted by molar-refractivity contribution is 0.0950. The first-order valence-electron chi connectivity index (χ1n) is 9.52. The molecule has 0 bridgehead atoms. The zero-order valence-electron chi connectivity index (χ0n) is 15.6. The molecule has 3 N–H and O–H groups in total. The zero-order valence-corrected chi connectivity index (χ0v) is 15.6. The molecule has 1 aliphatic rings. The second kappa shape index (κ2) is 8.97. The maximum absolute atomic E-state index is 12.4. The summed E-state index contributed by atoms with van der Waals surface area (Å²) in [4.78, 5) is 14.9. The van der Waals surface area contributed by atoms with E-state index in [0.717, 1.165) is 31.1 Å². The van der Waals surface area contributed by atoms with Crippen molar-refractivity contribution in [1.82, 2.24) is 10.2 Å². The molecule has 0 radical (unpaired) electrons. The molecule has 138 valence electrons. The third-order valence-corrected chi connectivity index (χ3v) is 5.28. The standard InChI is InChI=1S/C22H29N3O/c1-17-10-12-25(13-11-17)16-21-5-3-2-4-20(21)15-24-22(26)19-8-6-18(14-23)7-9-19/h2-9,17H,10-16,23H2,1H3,(H,24,26). The number of nitrogens with two attached hydrogens (primary N) is 1. The molecule has 2 aromatic carbocycles. The van der Waals surface area contributed by atoms with E-state index >= 15 is 0 Å². The van der Waals surface area contributed by atoms with Crippen molar-refractivity contribution in [3.63, 3.8) is 0 Å². The van der Waals surface area contributed by atoms with E-state index in [1.807, 2.05) is 30.3 Å². The summed E-state index contributed by atoms with van der Waals surface area (Å²) in [5, 5.41) is 3.05. The van der Waals surface area contributed by atoms with Gasteiger partial charge in [0, 0.05) is 25.2 Å². The summed E-state index contributed by atoms with van der Waals surface area (Å²) in [6, 6.07) is 15.9. The predicted molar refractivity (Wildman–Crippen MR) is 106 cm³/mol. The third-order valence-electron chi connectivity index (χ3n) is 5.28. The summed E-state index contributed by atoms with van der Waals surface area (Å²) >= 11 is 0. The lowest BCUT2D eigenvalue weighted by Crippen LogP contribution is -2.33. The van der Waals surface area contributed by atoms with E-state index in [2.05, 4.69) is 35.3 Å². The molecule has 0 aromatic heterocycles. The summed E-state index contributed by atoms with van der Waals surface area (Å²) in [7, 11) is 0. The number of benzene rings is 2. The number of piperidine rings is 1. The summed E-state index contributed by atoms with van der Waals surface area (Å²) in [6.45, 7) is 6.66. The van der Waals surface area contributed by atoms with E-state index in [-0.39, 0.29) is 5.91 Å². The Labute approximate surface area is 156 Å². The lowest BCUT2D eigenvalue weighted by atomic mass is 9.98. The Bertz CT molecular complexity index is 718. The van der Waals surface area contributed by atoms with Crippen LogP contribution in [0.25, 0.3) is 0 Å². The smallest absolute Gasteiger partial charge is 0.251 e. The van der Waals surface area contributed by atoms with Crippen molar-refractivity contribution in [3.05, 3.63) is 70.8 Å². The highest BCUT2D eigenvalue weighted by atomic mass is 16.1. The molecule has 4 heteroatoms. The maximum Gasteiger partial charge on any atom is 0.251 e. The molecule has 0 spiro atoms. The second-order valence-corrected chi connectivity index (χ2v) is 7.31. The lowest BCUT2D eigenvalue weighted by Gasteiger charge is -2.30. The van der Waals surface area contributed by atoms with Gasteiger partial charge >= 0.3 is 0 Å². The van der Waals surface area contributed by atoms with Crippen LogP contribution in [0.2, 0.25) is 0 Å². The molecule has 0 aliphatic carbocycles. The van der Waals surface area contributed by atoms with Gasteiger partial charge in [0.15, 0.2) is 0 Å². The van der Waals surface area contributed by atoms with Gasteiger partial charge in [0.2, 0.25) is 0 Å². The van der Waals surface area contributed by atoms with Crippen molar-refractivity contribution in [3.8, 4) is 0 Å². The van der Waals surface area contributed by atoms with Crippen molar-refractivity contribution in [2.45, 2.75) is 39.4 Å². The summed E-state index contributed by atoms with van der Waals surface area (Å²) in [5.41, 5.74) is 9.81. The highest BCUT2D eigenvalue weighted by Gasteiger charge is 2.17. The van der Waals surface area contributed by atoms with Crippen molar-refractivity contribution in [2.24, 2.45) is 11.7 Å². The van der Waals surface area contributed by atoms with Crippen LogP contribution < -0.4 is 11.1 Å². The summed E-state index contributed by atoms with van der Waals surface area (Å²) < 4.78 is 0. The van der Waals surface area contributed by atoms with Gasteiger partial charge in [-0.1, -0.05) is 43.3 Å². The summed E-state index contributed by atoms with van der Waals surface area (Å²) in [5.74, 6) is 0.793. The van der Waals surface area contributed by atoms with Gasteiger partial charge in [-0.05, 0) is 60.7 Å². The number of rotatable bonds is 6. The van der Waals surface area contributed by atoms with E-state index < -0.39 is 0 Å². The van der Waals surface area contributed by atoms with Crippen molar-refractivity contribution in [1.29, 1.82) is 0 Å². The monoisotopic (exact) mass is 351 g/mol. The summed E-state index contributed by atoms with van der Waals surface area (Å²) in [6.07, 6.45) is 2.55. The minimum atomic E-state index is -0.0461. The number of amides is 1. The Kier molecular flexibility index (Phi) is 6.42. The van der Waals surface area contributed by atoms with Crippen LogP contribution in [0, 0.1) is 5.92 Å². The first kappa shape index (κ1) is 18.6. The Morgan fingerprint density at radius 3 is 2.38 bits per heavy atom. The Hall–Kier alpha value is -2.17. The zero-order chi connectivity index (χ0) is 18.4. The average molecular weight is 351 g/mol. The SMILES string of the molecule is CC1CCN(Cc2ccccc2CNC(=O)c2ccc(CN)cc2)CC1. The topological polar surface area (TPSA) is 58.4 Å². The fourth-order valence-electron chi connectivity index (χ4n) is 3.42. The van der Waals surface area contributed by atoms with Crippen molar-refractivity contribution >= 4 is 5.91 Å². The van der Waals surface area contributed by atoms with Gasteiger partial charge in [0.05, 0.1) is 0 Å². The molecule has 26 heavy (non-hydrogen) atoms. The average Bonchev–Trinajstić information content (AvgIpc) is 2.69. The van der Waals surface area contributed by atoms with E-state index in [1.54, 1.807) is 0 Å². The van der Waals surface area contributed by atoms with Crippen LogP contribution in [0.4, 0.5) is 0 Å². The Balaban J connectivity index is 1.59. The Morgan fingerprint density at radius 2 is 1.73 bits per heavy atom. The maximum atomic E-state index is 12.4. The van der Waals surface area contributed by atoms with Gasteiger partial charge in [-0.25, -0.2) is 0 Å². The minimum Gasteiger partial charge on any atom is -0.348 e. The Morgan fingerprint density at radius 1 is 1.08 bits per heavy atom. The highest BCUT2D eigenvalue weighted by molar-refractivity contribution is 5.94. The second-order valence-electron chi connectivity index (χ2n) is 7.31. The third kappa shape index (κ3) is 4.93. The molecule has 3 rings (SSSR count). The first-order valence-corrected chi connectivity index (χ1v) is 9.52. The van der Waals surface area contributed by atoms with Crippen LogP contribution >= 0.6 is 0 Å². The highest BCUT2D eigenvalue weighted by Crippen LogP contribution is 2.19. The molecule has 1 heterocycles.